The van der Waals surface area contributed by atoms with Gasteiger partial charge in [0.25, 0.3) is 0 Å². The zero-order chi connectivity index (χ0) is 30.2. The number of hydrogen-bond acceptors (Lipinski definition) is 0. The molecule has 0 heterocycles. The van der Waals surface area contributed by atoms with Crippen molar-refractivity contribution < 1.29 is 0 Å². The van der Waals surface area contributed by atoms with Gasteiger partial charge in [0.05, 0.1) is 0 Å². The van der Waals surface area contributed by atoms with Gasteiger partial charge in [-0.25, -0.2) is 0 Å². The van der Waals surface area contributed by atoms with E-state index in [-0.39, 0.29) is 0 Å². The van der Waals surface area contributed by atoms with Crippen LogP contribution in [0.4, 0.5) is 0 Å². The number of rotatable bonds is 2. The SMILES string of the molecule is c1ccc2c(c1)cc(-c1c3ccccc3c(-c3cc4c5ccccc5ccc4c4ccccc34)c3ccccc13)c1ccccc12. The van der Waals surface area contributed by atoms with Crippen molar-refractivity contribution in [1.82, 2.24) is 0 Å². The van der Waals surface area contributed by atoms with Crippen molar-refractivity contribution in [2.24, 2.45) is 0 Å². The molecule has 0 aliphatic rings. The summed E-state index contributed by atoms with van der Waals surface area (Å²) < 4.78 is 0. The Labute approximate surface area is 266 Å². The molecular weight excluding hydrogens is 553 g/mol. The Bertz CT molecular complexity index is 2800. The molecule has 0 radical (unpaired) electrons. The van der Waals surface area contributed by atoms with E-state index in [4.69, 9.17) is 0 Å². The molecule has 0 heteroatoms. The van der Waals surface area contributed by atoms with Crippen LogP contribution in [0.1, 0.15) is 0 Å². The average Bonchev–Trinajstić information content (AvgIpc) is 3.13. The third-order valence-electron chi connectivity index (χ3n) is 10.0. The lowest BCUT2D eigenvalue weighted by atomic mass is 9.82. The molecule has 0 bridgehead atoms. The van der Waals surface area contributed by atoms with E-state index in [9.17, 15) is 0 Å². The summed E-state index contributed by atoms with van der Waals surface area (Å²) in [5.41, 5.74) is 5.16. The molecule has 0 spiro atoms. The van der Waals surface area contributed by atoms with Gasteiger partial charge in [0, 0.05) is 0 Å². The zero-order valence-electron chi connectivity index (χ0n) is 25.2. The van der Waals surface area contributed by atoms with E-state index < -0.39 is 0 Å². The van der Waals surface area contributed by atoms with Crippen molar-refractivity contribution >= 4 is 75.4 Å². The van der Waals surface area contributed by atoms with Gasteiger partial charge in [-0.15, -0.1) is 0 Å². The van der Waals surface area contributed by atoms with Gasteiger partial charge in [0.2, 0.25) is 0 Å². The number of hydrogen-bond donors (Lipinski definition) is 0. The molecular formula is C46H28. The first-order chi connectivity index (χ1) is 22.8. The highest BCUT2D eigenvalue weighted by atomic mass is 14.2. The summed E-state index contributed by atoms with van der Waals surface area (Å²) in [6, 6.07) is 62.9. The van der Waals surface area contributed by atoms with Crippen molar-refractivity contribution in [3.8, 4) is 22.3 Å². The highest BCUT2D eigenvalue weighted by Gasteiger charge is 2.21. The molecule has 0 fully saturated rings. The van der Waals surface area contributed by atoms with E-state index in [0.717, 1.165) is 0 Å². The predicted molar refractivity (Wildman–Crippen MR) is 200 cm³/mol. The third kappa shape index (κ3) is 3.56. The molecule has 0 amide bonds. The van der Waals surface area contributed by atoms with Gasteiger partial charge in [-0.2, -0.15) is 0 Å². The van der Waals surface area contributed by atoms with E-state index in [1.165, 1.54) is 97.7 Å². The summed E-state index contributed by atoms with van der Waals surface area (Å²) in [6.45, 7) is 0. The molecule has 46 heavy (non-hydrogen) atoms. The second-order valence-electron chi connectivity index (χ2n) is 12.4. The lowest BCUT2D eigenvalue weighted by Crippen LogP contribution is -1.93. The van der Waals surface area contributed by atoms with Gasteiger partial charge in [-0.1, -0.05) is 158 Å². The van der Waals surface area contributed by atoms with Gasteiger partial charge in [-0.3, -0.25) is 0 Å². The van der Waals surface area contributed by atoms with Crippen LogP contribution >= 0.6 is 0 Å². The Morgan fingerprint density at radius 2 is 0.543 bits per heavy atom. The molecule has 0 aliphatic heterocycles. The smallest absolute Gasteiger partial charge is 0.00199 e. The van der Waals surface area contributed by atoms with Crippen molar-refractivity contribution in [2.75, 3.05) is 0 Å². The fraction of sp³-hybridized carbons (Fsp3) is 0. The zero-order valence-corrected chi connectivity index (χ0v) is 25.2. The van der Waals surface area contributed by atoms with Gasteiger partial charge in [0.1, 0.15) is 0 Å². The molecule has 10 rings (SSSR count). The fourth-order valence-electron chi connectivity index (χ4n) is 8.04. The third-order valence-corrected chi connectivity index (χ3v) is 10.0. The van der Waals surface area contributed by atoms with Crippen LogP contribution in [0.15, 0.2) is 170 Å². The molecule has 0 unspecified atom stereocenters. The van der Waals surface area contributed by atoms with Crippen molar-refractivity contribution in [2.45, 2.75) is 0 Å². The summed E-state index contributed by atoms with van der Waals surface area (Å²) in [6.07, 6.45) is 0. The van der Waals surface area contributed by atoms with Crippen LogP contribution in [0, 0.1) is 0 Å². The molecule has 0 aliphatic carbocycles. The first-order valence-electron chi connectivity index (χ1n) is 16.0. The molecule has 0 aromatic heterocycles. The van der Waals surface area contributed by atoms with Crippen molar-refractivity contribution in [1.29, 1.82) is 0 Å². The lowest BCUT2D eigenvalue weighted by Gasteiger charge is -2.21. The maximum atomic E-state index is 2.46. The fourth-order valence-corrected chi connectivity index (χ4v) is 8.04. The highest BCUT2D eigenvalue weighted by molar-refractivity contribution is 6.29. The normalized spacial score (nSPS) is 11.9. The first-order valence-corrected chi connectivity index (χ1v) is 16.0. The molecule has 212 valence electrons. The highest BCUT2D eigenvalue weighted by Crippen LogP contribution is 2.48. The molecule has 10 aromatic rings. The summed E-state index contributed by atoms with van der Waals surface area (Å²) in [4.78, 5) is 0. The molecule has 0 saturated carbocycles. The maximum Gasteiger partial charge on any atom is -0.00199 e. The predicted octanol–water partition coefficient (Wildman–Crippen LogP) is 13.1. The Morgan fingerprint density at radius 3 is 1.09 bits per heavy atom. The first kappa shape index (κ1) is 25.4. The molecule has 10 aromatic carbocycles. The van der Waals surface area contributed by atoms with Crippen LogP contribution in [0.3, 0.4) is 0 Å². The van der Waals surface area contributed by atoms with Crippen LogP contribution in [-0.2, 0) is 0 Å². The van der Waals surface area contributed by atoms with Crippen LogP contribution in [0.5, 0.6) is 0 Å². The summed E-state index contributed by atoms with van der Waals surface area (Å²) in [5, 5.41) is 18.0. The number of fused-ring (bicyclic) bond motifs is 10. The van der Waals surface area contributed by atoms with Gasteiger partial charge in [0.15, 0.2) is 0 Å². The van der Waals surface area contributed by atoms with Crippen LogP contribution < -0.4 is 0 Å². The van der Waals surface area contributed by atoms with Gasteiger partial charge in [-0.05, 0) is 110 Å². The maximum absolute atomic E-state index is 2.46. The van der Waals surface area contributed by atoms with Crippen LogP contribution in [-0.4, -0.2) is 0 Å². The second kappa shape index (κ2) is 9.76. The molecule has 0 atom stereocenters. The van der Waals surface area contributed by atoms with E-state index in [2.05, 4.69) is 170 Å². The number of benzene rings is 10. The van der Waals surface area contributed by atoms with Crippen LogP contribution in [0.25, 0.3) is 97.7 Å². The molecule has 0 N–H and O–H groups in total. The minimum absolute atomic E-state index is 1.26. The second-order valence-corrected chi connectivity index (χ2v) is 12.4. The summed E-state index contributed by atoms with van der Waals surface area (Å²) in [7, 11) is 0. The largest absolute Gasteiger partial charge is 0.0616 e. The summed E-state index contributed by atoms with van der Waals surface area (Å²) >= 11 is 0. The average molecular weight is 581 g/mol. The van der Waals surface area contributed by atoms with E-state index in [0.29, 0.717) is 0 Å². The Hall–Kier alpha value is -5.98. The van der Waals surface area contributed by atoms with Gasteiger partial charge >= 0.3 is 0 Å². The lowest BCUT2D eigenvalue weighted by molar-refractivity contribution is 1.70. The monoisotopic (exact) mass is 580 g/mol. The standard InChI is InChI=1S/C46H28/c1-3-15-31-29(13-1)25-26-37-34-18-6-8-20-36(34)44(28-42(31)37)46-40-23-11-9-21-38(40)45(39-22-10-12-24-41(39)46)43-27-30-14-2-4-16-32(30)33-17-5-7-19-35(33)43/h1-28H. The Morgan fingerprint density at radius 1 is 0.196 bits per heavy atom. The van der Waals surface area contributed by atoms with E-state index in [1.54, 1.807) is 0 Å². The minimum Gasteiger partial charge on any atom is -0.0616 e. The van der Waals surface area contributed by atoms with Gasteiger partial charge < -0.3 is 0 Å². The summed E-state index contributed by atoms with van der Waals surface area (Å²) in [5.74, 6) is 0. The van der Waals surface area contributed by atoms with Crippen molar-refractivity contribution in [3.63, 3.8) is 0 Å². The molecule has 0 nitrogen and oxygen atoms in total. The topological polar surface area (TPSA) is 0 Å². The Kier molecular flexibility index (Phi) is 5.38. The Balaban J connectivity index is 1.41. The van der Waals surface area contributed by atoms with Crippen molar-refractivity contribution in [3.05, 3.63) is 170 Å². The van der Waals surface area contributed by atoms with E-state index >= 15 is 0 Å². The van der Waals surface area contributed by atoms with E-state index in [1.807, 2.05) is 0 Å². The van der Waals surface area contributed by atoms with Crippen LogP contribution in [0.2, 0.25) is 0 Å². The quantitative estimate of drug-likeness (QED) is 0.141. The minimum atomic E-state index is 1.26. The molecule has 0 saturated heterocycles.